The van der Waals surface area contributed by atoms with Crippen LogP contribution in [0.2, 0.25) is 0 Å². The molecule has 0 unspecified atom stereocenters. The second kappa shape index (κ2) is 5.66. The minimum atomic E-state index is -4.73. The summed E-state index contributed by atoms with van der Waals surface area (Å²) in [6, 6.07) is 1.28. The van der Waals surface area contributed by atoms with E-state index in [9.17, 15) is 22.8 Å². The minimum absolute atomic E-state index is 0.000354. The first-order valence-corrected chi connectivity index (χ1v) is 6.21. The standard InChI is InChI=1S/C12H11F3N4O4/c1-2-23-10(20)17-7-4-5(12(13,14)15)3-6-8(7)18-19(9(6)16)11(21)22/h3-4H,2,16H2,1H3,(H,17,20)(H,21,22). The summed E-state index contributed by atoms with van der Waals surface area (Å²) < 4.78 is 43.8. The van der Waals surface area contributed by atoms with E-state index in [1.165, 1.54) is 6.92 Å². The molecule has 11 heteroatoms. The summed E-state index contributed by atoms with van der Waals surface area (Å²) in [6.07, 6.45) is -7.30. The number of benzene rings is 1. The van der Waals surface area contributed by atoms with Crippen molar-refractivity contribution in [3.05, 3.63) is 17.7 Å². The monoisotopic (exact) mass is 332 g/mol. The van der Waals surface area contributed by atoms with Gasteiger partial charge in [0.2, 0.25) is 0 Å². The zero-order chi connectivity index (χ0) is 17.4. The van der Waals surface area contributed by atoms with E-state index in [4.69, 9.17) is 10.8 Å². The second-order valence-electron chi connectivity index (χ2n) is 4.34. The van der Waals surface area contributed by atoms with Crippen molar-refractivity contribution in [2.24, 2.45) is 0 Å². The van der Waals surface area contributed by atoms with Crippen LogP contribution in [0, 0.1) is 0 Å². The van der Waals surface area contributed by atoms with Crippen LogP contribution in [0.3, 0.4) is 0 Å². The number of carboxylic acid groups (broad SMARTS) is 1. The van der Waals surface area contributed by atoms with Crippen molar-refractivity contribution >= 4 is 34.6 Å². The average Bonchev–Trinajstić information content (AvgIpc) is 2.76. The molecule has 0 aliphatic carbocycles. The van der Waals surface area contributed by atoms with Crippen molar-refractivity contribution in [2.45, 2.75) is 13.1 Å². The lowest BCUT2D eigenvalue weighted by molar-refractivity contribution is -0.137. The van der Waals surface area contributed by atoms with Crippen LogP contribution in [0.15, 0.2) is 12.1 Å². The molecule has 0 fully saturated rings. The number of carbonyl (C=O) groups excluding carboxylic acids is 1. The van der Waals surface area contributed by atoms with Gasteiger partial charge in [0.1, 0.15) is 11.3 Å². The number of aromatic nitrogens is 2. The highest BCUT2D eigenvalue weighted by Gasteiger charge is 2.33. The van der Waals surface area contributed by atoms with Gasteiger partial charge in [0.25, 0.3) is 0 Å². The maximum atomic E-state index is 13.0. The van der Waals surface area contributed by atoms with Crippen LogP contribution in [-0.2, 0) is 10.9 Å². The summed E-state index contributed by atoms with van der Waals surface area (Å²) >= 11 is 0. The molecule has 0 saturated carbocycles. The van der Waals surface area contributed by atoms with Crippen LogP contribution >= 0.6 is 0 Å². The SMILES string of the molecule is CCOC(=O)Nc1cc(C(F)(F)F)cc2c(N)n(C(=O)O)nc12. The van der Waals surface area contributed by atoms with Crippen molar-refractivity contribution in [2.75, 3.05) is 17.7 Å². The number of nitrogens with two attached hydrogens (primary N) is 1. The third-order valence-corrected chi connectivity index (χ3v) is 2.83. The van der Waals surface area contributed by atoms with E-state index in [1.807, 2.05) is 0 Å². The first-order chi connectivity index (χ1) is 10.6. The average molecular weight is 332 g/mol. The summed E-state index contributed by atoms with van der Waals surface area (Å²) in [4.78, 5) is 22.4. The van der Waals surface area contributed by atoms with Gasteiger partial charge in [-0.3, -0.25) is 5.32 Å². The third-order valence-electron chi connectivity index (χ3n) is 2.83. The number of amides is 1. The first kappa shape index (κ1) is 16.4. The zero-order valence-corrected chi connectivity index (χ0v) is 11.6. The van der Waals surface area contributed by atoms with Crippen LogP contribution in [0.5, 0.6) is 0 Å². The predicted molar refractivity (Wildman–Crippen MR) is 73.2 cm³/mol. The second-order valence-corrected chi connectivity index (χ2v) is 4.34. The van der Waals surface area contributed by atoms with Crippen LogP contribution < -0.4 is 11.1 Å². The molecule has 1 aromatic carbocycles. The normalized spacial score (nSPS) is 11.5. The van der Waals surface area contributed by atoms with Crippen molar-refractivity contribution in [1.82, 2.24) is 9.78 Å². The molecule has 2 aromatic rings. The lowest BCUT2D eigenvalue weighted by Gasteiger charge is -2.11. The predicted octanol–water partition coefficient (Wildman–Crippen LogP) is 2.73. The molecule has 0 spiro atoms. The van der Waals surface area contributed by atoms with Crippen molar-refractivity contribution in [1.29, 1.82) is 0 Å². The maximum Gasteiger partial charge on any atom is 0.434 e. The Morgan fingerprint density at radius 3 is 2.61 bits per heavy atom. The van der Waals surface area contributed by atoms with Gasteiger partial charge in [-0.05, 0) is 19.1 Å². The number of rotatable bonds is 2. The molecule has 4 N–H and O–H groups in total. The molecule has 23 heavy (non-hydrogen) atoms. The van der Waals surface area contributed by atoms with Gasteiger partial charge in [-0.15, -0.1) is 4.68 Å². The summed E-state index contributed by atoms with van der Waals surface area (Å²) in [5.74, 6) is -0.495. The quantitative estimate of drug-likeness (QED) is 0.778. The van der Waals surface area contributed by atoms with E-state index in [2.05, 4.69) is 15.2 Å². The number of hydrogen-bond donors (Lipinski definition) is 3. The smallest absolute Gasteiger partial charge is 0.434 e. The van der Waals surface area contributed by atoms with Gasteiger partial charge in [-0.1, -0.05) is 0 Å². The fraction of sp³-hybridized carbons (Fsp3) is 0.250. The Morgan fingerprint density at radius 2 is 2.09 bits per heavy atom. The number of nitrogens with one attached hydrogen (secondary N) is 1. The minimum Gasteiger partial charge on any atom is -0.463 e. The summed E-state index contributed by atoms with van der Waals surface area (Å²) in [5.41, 5.74) is 3.84. The molecule has 124 valence electrons. The molecule has 0 atom stereocenters. The number of nitrogen functional groups attached to an aromatic ring is 1. The Labute approximate surface area is 126 Å². The van der Waals surface area contributed by atoms with Gasteiger partial charge in [-0.2, -0.15) is 18.3 Å². The molecular formula is C12H11F3N4O4. The number of hydrogen-bond acceptors (Lipinski definition) is 5. The molecule has 1 aromatic heterocycles. The number of carbonyl (C=O) groups is 2. The molecule has 8 nitrogen and oxygen atoms in total. The molecule has 2 rings (SSSR count). The van der Waals surface area contributed by atoms with E-state index in [-0.39, 0.29) is 23.2 Å². The number of anilines is 2. The van der Waals surface area contributed by atoms with E-state index >= 15 is 0 Å². The molecule has 1 heterocycles. The van der Waals surface area contributed by atoms with E-state index in [1.54, 1.807) is 0 Å². The highest BCUT2D eigenvalue weighted by molar-refractivity contribution is 6.04. The van der Waals surface area contributed by atoms with Crippen molar-refractivity contribution in [3.63, 3.8) is 0 Å². The van der Waals surface area contributed by atoms with Gasteiger partial charge < -0.3 is 15.6 Å². The van der Waals surface area contributed by atoms with Crippen LogP contribution in [0.1, 0.15) is 12.5 Å². The number of alkyl halides is 3. The van der Waals surface area contributed by atoms with Crippen molar-refractivity contribution < 1.29 is 32.6 Å². The fourth-order valence-electron chi connectivity index (χ4n) is 1.89. The number of halogens is 3. The highest BCUT2D eigenvalue weighted by atomic mass is 19.4. The summed E-state index contributed by atoms with van der Waals surface area (Å²) in [5, 5.41) is 14.4. The highest BCUT2D eigenvalue weighted by Crippen LogP contribution is 2.37. The molecule has 0 radical (unpaired) electrons. The van der Waals surface area contributed by atoms with Gasteiger partial charge in [-0.25, -0.2) is 9.59 Å². The number of ether oxygens (including phenoxy) is 1. The van der Waals surface area contributed by atoms with E-state index < -0.39 is 29.7 Å². The number of nitrogens with zero attached hydrogens (tertiary/aromatic N) is 2. The van der Waals surface area contributed by atoms with Crippen LogP contribution in [0.4, 0.5) is 34.3 Å². The summed E-state index contributed by atoms with van der Waals surface area (Å²) in [6.45, 7) is 1.51. The maximum absolute atomic E-state index is 13.0. The number of fused-ring (bicyclic) bond motifs is 1. The van der Waals surface area contributed by atoms with E-state index in [0.717, 1.165) is 0 Å². The molecule has 0 aliphatic heterocycles. The molecule has 0 aliphatic rings. The largest absolute Gasteiger partial charge is 0.463 e. The van der Waals surface area contributed by atoms with Gasteiger partial charge in [0.05, 0.1) is 17.9 Å². The van der Waals surface area contributed by atoms with Crippen LogP contribution in [0.25, 0.3) is 10.9 Å². The Kier molecular flexibility index (Phi) is 4.04. The van der Waals surface area contributed by atoms with Gasteiger partial charge in [0.15, 0.2) is 0 Å². The Bertz CT molecular complexity index is 785. The topological polar surface area (TPSA) is 119 Å². The fourth-order valence-corrected chi connectivity index (χ4v) is 1.89. The summed E-state index contributed by atoms with van der Waals surface area (Å²) in [7, 11) is 0. The van der Waals surface area contributed by atoms with Crippen molar-refractivity contribution in [3.8, 4) is 0 Å². The van der Waals surface area contributed by atoms with E-state index in [0.29, 0.717) is 16.8 Å². The lowest BCUT2D eigenvalue weighted by atomic mass is 10.1. The lowest BCUT2D eigenvalue weighted by Crippen LogP contribution is -2.15. The van der Waals surface area contributed by atoms with Gasteiger partial charge in [0, 0.05) is 5.39 Å². The molecule has 1 amide bonds. The zero-order valence-electron chi connectivity index (χ0n) is 11.6. The molecule has 0 bridgehead atoms. The third kappa shape index (κ3) is 3.12. The van der Waals surface area contributed by atoms with Crippen LogP contribution in [-0.4, -0.2) is 33.7 Å². The Hall–Kier alpha value is -2.98. The molecule has 0 saturated heterocycles. The Balaban J connectivity index is 2.68. The first-order valence-electron chi connectivity index (χ1n) is 6.21. The van der Waals surface area contributed by atoms with Gasteiger partial charge >= 0.3 is 18.4 Å². The molecular weight excluding hydrogens is 321 g/mol. The Morgan fingerprint density at radius 1 is 1.43 bits per heavy atom.